The standard InChI is InChI=1S/C9H12Cl2N2/c1-2-8(12)5-3-6(10)7(11)4-9(5)13/h3-4,8H,2,12-13H2,1H3. The van der Waals surface area contributed by atoms with Crippen molar-refractivity contribution in [2.24, 2.45) is 5.73 Å². The summed E-state index contributed by atoms with van der Waals surface area (Å²) in [6.07, 6.45) is 0.822. The first-order chi connectivity index (χ1) is 6.06. The molecule has 0 aliphatic heterocycles. The number of hydrogen-bond donors (Lipinski definition) is 2. The molecule has 13 heavy (non-hydrogen) atoms. The second kappa shape index (κ2) is 4.18. The minimum absolute atomic E-state index is 0.0743. The topological polar surface area (TPSA) is 52.0 Å². The molecule has 0 aromatic heterocycles. The fourth-order valence-electron chi connectivity index (χ4n) is 1.12. The van der Waals surface area contributed by atoms with Crippen LogP contribution in [0.1, 0.15) is 24.9 Å². The molecular formula is C9H12Cl2N2. The summed E-state index contributed by atoms with van der Waals surface area (Å²) in [5.41, 5.74) is 13.0. The molecule has 0 fully saturated rings. The smallest absolute Gasteiger partial charge is 0.0612 e. The Morgan fingerprint density at radius 1 is 1.31 bits per heavy atom. The third-order valence-corrected chi connectivity index (χ3v) is 2.69. The van der Waals surface area contributed by atoms with Gasteiger partial charge in [0.05, 0.1) is 10.0 Å². The zero-order chi connectivity index (χ0) is 10.0. The van der Waals surface area contributed by atoms with Gasteiger partial charge in [0.1, 0.15) is 0 Å². The van der Waals surface area contributed by atoms with Gasteiger partial charge in [-0.3, -0.25) is 0 Å². The number of hydrogen-bond acceptors (Lipinski definition) is 2. The Labute approximate surface area is 87.8 Å². The summed E-state index contributed by atoms with van der Waals surface area (Å²) in [5.74, 6) is 0. The summed E-state index contributed by atoms with van der Waals surface area (Å²) < 4.78 is 0. The summed E-state index contributed by atoms with van der Waals surface area (Å²) in [5, 5.41) is 0.959. The third kappa shape index (κ3) is 2.27. The number of nitrogens with two attached hydrogens (primary N) is 2. The highest BCUT2D eigenvalue weighted by Gasteiger charge is 2.10. The highest BCUT2D eigenvalue weighted by atomic mass is 35.5. The lowest BCUT2D eigenvalue weighted by Gasteiger charge is -2.13. The van der Waals surface area contributed by atoms with Crippen LogP contribution in [-0.2, 0) is 0 Å². The van der Waals surface area contributed by atoms with E-state index in [0.29, 0.717) is 15.7 Å². The minimum atomic E-state index is -0.0743. The van der Waals surface area contributed by atoms with E-state index in [-0.39, 0.29) is 6.04 Å². The van der Waals surface area contributed by atoms with Gasteiger partial charge in [0, 0.05) is 11.7 Å². The van der Waals surface area contributed by atoms with Crippen molar-refractivity contribution in [3.8, 4) is 0 Å². The molecule has 0 heterocycles. The average molecular weight is 219 g/mol. The van der Waals surface area contributed by atoms with Crippen LogP contribution in [0.3, 0.4) is 0 Å². The quantitative estimate of drug-likeness (QED) is 0.751. The van der Waals surface area contributed by atoms with Crippen LogP contribution in [0.4, 0.5) is 5.69 Å². The fourth-order valence-corrected chi connectivity index (χ4v) is 1.46. The molecule has 1 rings (SSSR count). The molecule has 0 radical (unpaired) electrons. The summed E-state index contributed by atoms with van der Waals surface area (Å²) in [4.78, 5) is 0. The molecule has 0 spiro atoms. The zero-order valence-corrected chi connectivity index (χ0v) is 8.86. The lowest BCUT2D eigenvalue weighted by Crippen LogP contribution is -2.11. The SMILES string of the molecule is CCC(N)c1cc(Cl)c(Cl)cc1N. The van der Waals surface area contributed by atoms with Crippen molar-refractivity contribution in [3.05, 3.63) is 27.7 Å². The van der Waals surface area contributed by atoms with E-state index in [2.05, 4.69) is 0 Å². The maximum atomic E-state index is 5.84. The van der Waals surface area contributed by atoms with Crippen molar-refractivity contribution < 1.29 is 0 Å². The molecule has 1 aromatic rings. The predicted molar refractivity (Wildman–Crippen MR) is 58.1 cm³/mol. The van der Waals surface area contributed by atoms with E-state index in [1.165, 1.54) is 0 Å². The second-order valence-electron chi connectivity index (χ2n) is 2.91. The average Bonchev–Trinajstić information content (AvgIpc) is 2.10. The highest BCUT2D eigenvalue weighted by molar-refractivity contribution is 6.42. The Kier molecular flexibility index (Phi) is 3.42. The lowest BCUT2D eigenvalue weighted by atomic mass is 10.0. The molecule has 1 atom stereocenters. The van der Waals surface area contributed by atoms with E-state index in [1.54, 1.807) is 12.1 Å². The molecule has 0 saturated carbocycles. The Morgan fingerprint density at radius 2 is 1.85 bits per heavy atom. The molecule has 0 aliphatic carbocycles. The van der Waals surface area contributed by atoms with Crippen molar-refractivity contribution in [1.82, 2.24) is 0 Å². The monoisotopic (exact) mass is 218 g/mol. The van der Waals surface area contributed by atoms with Gasteiger partial charge in [0.25, 0.3) is 0 Å². The Bertz CT molecular complexity index is 313. The zero-order valence-electron chi connectivity index (χ0n) is 7.35. The second-order valence-corrected chi connectivity index (χ2v) is 3.72. The van der Waals surface area contributed by atoms with Crippen LogP contribution in [0.25, 0.3) is 0 Å². The lowest BCUT2D eigenvalue weighted by molar-refractivity contribution is 0.701. The summed E-state index contributed by atoms with van der Waals surface area (Å²) in [7, 11) is 0. The Morgan fingerprint density at radius 3 is 2.38 bits per heavy atom. The number of benzene rings is 1. The van der Waals surface area contributed by atoms with Gasteiger partial charge in [-0.1, -0.05) is 30.1 Å². The molecule has 4 heteroatoms. The summed E-state index contributed by atoms with van der Waals surface area (Å²) in [6, 6.07) is 3.29. The molecular weight excluding hydrogens is 207 g/mol. The predicted octanol–water partition coefficient (Wildman–Crippen LogP) is 2.99. The van der Waals surface area contributed by atoms with Crippen molar-refractivity contribution in [1.29, 1.82) is 0 Å². The van der Waals surface area contributed by atoms with Crippen molar-refractivity contribution in [2.45, 2.75) is 19.4 Å². The van der Waals surface area contributed by atoms with Gasteiger partial charge in [-0.25, -0.2) is 0 Å². The first-order valence-corrected chi connectivity index (χ1v) is 4.81. The van der Waals surface area contributed by atoms with Crippen molar-refractivity contribution in [3.63, 3.8) is 0 Å². The van der Waals surface area contributed by atoms with Crippen LogP contribution >= 0.6 is 23.2 Å². The van der Waals surface area contributed by atoms with Crippen LogP contribution in [0.5, 0.6) is 0 Å². The number of halogens is 2. The number of anilines is 1. The van der Waals surface area contributed by atoms with Crippen LogP contribution in [0.2, 0.25) is 10.0 Å². The first-order valence-electron chi connectivity index (χ1n) is 4.06. The van der Waals surface area contributed by atoms with Gasteiger partial charge in [0.15, 0.2) is 0 Å². The van der Waals surface area contributed by atoms with E-state index in [0.717, 1.165) is 12.0 Å². The van der Waals surface area contributed by atoms with Gasteiger partial charge < -0.3 is 11.5 Å². The molecule has 72 valence electrons. The molecule has 1 unspecified atom stereocenters. The van der Waals surface area contributed by atoms with Gasteiger partial charge in [-0.2, -0.15) is 0 Å². The fraction of sp³-hybridized carbons (Fsp3) is 0.333. The molecule has 4 N–H and O–H groups in total. The molecule has 0 bridgehead atoms. The van der Waals surface area contributed by atoms with Crippen LogP contribution in [0.15, 0.2) is 12.1 Å². The maximum Gasteiger partial charge on any atom is 0.0612 e. The Balaban J connectivity index is 3.15. The summed E-state index contributed by atoms with van der Waals surface area (Å²) in [6.45, 7) is 1.99. The van der Waals surface area contributed by atoms with E-state index in [4.69, 9.17) is 34.7 Å². The van der Waals surface area contributed by atoms with E-state index >= 15 is 0 Å². The van der Waals surface area contributed by atoms with Crippen LogP contribution in [0, 0.1) is 0 Å². The van der Waals surface area contributed by atoms with Gasteiger partial charge in [0.2, 0.25) is 0 Å². The third-order valence-electron chi connectivity index (χ3n) is 1.97. The normalized spacial score (nSPS) is 12.9. The van der Waals surface area contributed by atoms with Crippen molar-refractivity contribution >= 4 is 28.9 Å². The molecule has 0 saturated heterocycles. The largest absolute Gasteiger partial charge is 0.398 e. The van der Waals surface area contributed by atoms with E-state index < -0.39 is 0 Å². The number of nitrogen functional groups attached to an aromatic ring is 1. The molecule has 1 aromatic carbocycles. The van der Waals surface area contributed by atoms with Gasteiger partial charge in [-0.15, -0.1) is 0 Å². The van der Waals surface area contributed by atoms with E-state index in [1.807, 2.05) is 6.92 Å². The van der Waals surface area contributed by atoms with Gasteiger partial charge >= 0.3 is 0 Å². The molecule has 2 nitrogen and oxygen atoms in total. The van der Waals surface area contributed by atoms with Gasteiger partial charge in [-0.05, 0) is 24.1 Å². The van der Waals surface area contributed by atoms with Crippen LogP contribution in [-0.4, -0.2) is 0 Å². The maximum absolute atomic E-state index is 5.84. The summed E-state index contributed by atoms with van der Waals surface area (Å²) >= 11 is 11.6. The molecule has 0 amide bonds. The minimum Gasteiger partial charge on any atom is -0.398 e. The molecule has 0 aliphatic rings. The van der Waals surface area contributed by atoms with Crippen molar-refractivity contribution in [2.75, 3.05) is 5.73 Å². The van der Waals surface area contributed by atoms with Crippen LogP contribution < -0.4 is 11.5 Å². The number of rotatable bonds is 2. The highest BCUT2D eigenvalue weighted by Crippen LogP contribution is 2.30. The first kappa shape index (κ1) is 10.6. The van der Waals surface area contributed by atoms with E-state index in [9.17, 15) is 0 Å². The Hall–Kier alpha value is -0.440.